The third-order valence-corrected chi connectivity index (χ3v) is 9.61. The predicted molar refractivity (Wildman–Crippen MR) is 147 cm³/mol. The quantitative estimate of drug-likeness (QED) is 0.307. The number of aliphatic hydroxyl groups is 1. The van der Waals surface area contributed by atoms with Crippen molar-refractivity contribution in [3.05, 3.63) is 10.6 Å². The number of fused-ring (bicyclic) bond motifs is 4. The Morgan fingerprint density at radius 3 is 2.24 bits per heavy atom. The highest BCUT2D eigenvalue weighted by molar-refractivity contribution is 7.05. The van der Waals surface area contributed by atoms with Gasteiger partial charge in [-0.2, -0.15) is 0 Å². The smallest absolute Gasteiger partial charge is 0.336 e. The summed E-state index contributed by atoms with van der Waals surface area (Å²) in [7, 11) is 0. The van der Waals surface area contributed by atoms with Crippen molar-refractivity contribution in [3.8, 4) is 0 Å². The van der Waals surface area contributed by atoms with Crippen LogP contribution in [0.1, 0.15) is 87.2 Å². The zero-order valence-electron chi connectivity index (χ0n) is 23.3. The molecule has 4 aliphatic rings. The summed E-state index contributed by atoms with van der Waals surface area (Å²) in [5, 5.41) is 38.1. The summed E-state index contributed by atoms with van der Waals surface area (Å²) < 4.78 is 4.17. The molecule has 0 radical (unpaired) electrons. The number of aliphatic carboxylic acids is 3. The first kappa shape index (κ1) is 31.3. The molecule has 3 fully saturated rings. The minimum Gasteiger partial charge on any atom is -0.481 e. The first-order chi connectivity index (χ1) is 19.6. The number of hydrogen-bond acceptors (Lipinski definition) is 10. The minimum atomic E-state index is -2.74. The Morgan fingerprint density at radius 2 is 1.59 bits per heavy atom. The average molecular weight is 596 g/mol. The zero-order valence-corrected chi connectivity index (χ0v) is 24.1. The number of hydrogen-bond donors (Lipinski definition) is 4. The summed E-state index contributed by atoms with van der Waals surface area (Å²) in [6, 6.07) is 1.32. The van der Waals surface area contributed by atoms with E-state index in [0.717, 1.165) is 25.8 Å². The molecular formula is C27H41N5O8S. The van der Waals surface area contributed by atoms with Crippen molar-refractivity contribution in [2.45, 2.75) is 101 Å². The highest BCUT2D eigenvalue weighted by Gasteiger charge is 2.44. The standard InChI is InChI=1S/C21H33N5OS.C6H8O7/c27-20(15-26-17-7-8-19(26)21-18(14-17)22-23-28-21)25-12-5-2-6-16(25)9-13-24-10-3-1-4-11-24;7-3(8)1-6(13,5(11)12)2-4(9)10/h16-17,19H,1-15H2;13H,1-2H2,(H,7,8)(H,9,10)(H,11,12). The van der Waals surface area contributed by atoms with Gasteiger partial charge in [0.1, 0.15) is 0 Å². The lowest BCUT2D eigenvalue weighted by molar-refractivity contribution is -0.170. The first-order valence-electron chi connectivity index (χ1n) is 14.6. The molecule has 4 aliphatic heterocycles. The largest absolute Gasteiger partial charge is 0.481 e. The Morgan fingerprint density at radius 1 is 0.902 bits per heavy atom. The van der Waals surface area contributed by atoms with Gasteiger partial charge in [-0.1, -0.05) is 10.9 Å². The highest BCUT2D eigenvalue weighted by atomic mass is 32.1. The van der Waals surface area contributed by atoms with Crippen LogP contribution < -0.4 is 0 Å². The number of amides is 1. The number of carbonyl (C=O) groups excluding carboxylic acids is 1. The molecule has 0 aliphatic carbocycles. The van der Waals surface area contributed by atoms with Crippen molar-refractivity contribution in [2.75, 3.05) is 32.7 Å². The van der Waals surface area contributed by atoms with E-state index in [-0.39, 0.29) is 0 Å². The fraction of sp³-hybridized carbons (Fsp3) is 0.778. The molecule has 1 amide bonds. The fourth-order valence-corrected chi connectivity index (χ4v) is 7.45. The third-order valence-electron chi connectivity index (χ3n) is 8.74. The normalized spacial score (nSPS) is 24.7. The molecular weight excluding hydrogens is 554 g/mol. The van der Waals surface area contributed by atoms with Crippen LogP contribution >= 0.6 is 11.5 Å². The summed E-state index contributed by atoms with van der Waals surface area (Å²) in [6.07, 6.45) is 9.92. The van der Waals surface area contributed by atoms with E-state index in [1.165, 1.54) is 75.2 Å². The maximum atomic E-state index is 13.3. The molecule has 1 aromatic rings. The molecule has 228 valence electrons. The fourth-order valence-electron chi connectivity index (χ4n) is 6.61. The van der Waals surface area contributed by atoms with E-state index in [4.69, 9.17) is 20.4 Å². The van der Waals surface area contributed by atoms with Crippen LogP contribution in [0.3, 0.4) is 0 Å². The van der Waals surface area contributed by atoms with E-state index in [9.17, 15) is 19.2 Å². The van der Waals surface area contributed by atoms with Crippen LogP contribution in [0.15, 0.2) is 0 Å². The van der Waals surface area contributed by atoms with E-state index in [1.54, 1.807) is 11.5 Å². The van der Waals surface area contributed by atoms with E-state index in [2.05, 4.69) is 24.3 Å². The van der Waals surface area contributed by atoms with Crippen LogP contribution in [0.25, 0.3) is 0 Å². The van der Waals surface area contributed by atoms with Crippen LogP contribution in [0.5, 0.6) is 0 Å². The Labute approximate surface area is 243 Å². The zero-order chi connectivity index (χ0) is 29.6. The lowest BCUT2D eigenvalue weighted by Crippen LogP contribution is -2.51. The molecule has 3 atom stereocenters. The van der Waals surface area contributed by atoms with Gasteiger partial charge >= 0.3 is 17.9 Å². The van der Waals surface area contributed by atoms with Gasteiger partial charge in [-0.15, -0.1) is 5.10 Å². The molecule has 0 aromatic carbocycles. The van der Waals surface area contributed by atoms with Gasteiger partial charge in [0.2, 0.25) is 5.91 Å². The van der Waals surface area contributed by atoms with Crippen LogP contribution in [-0.2, 0) is 25.6 Å². The lowest BCUT2D eigenvalue weighted by atomic mass is 9.96. The SMILES string of the molecule is O=C(CN1C2CCC1c1snnc1C2)N1CCCCC1CCN1CCCCC1.O=C(O)CC(O)(CC(=O)O)C(=O)O. The molecule has 0 saturated carbocycles. The monoisotopic (exact) mass is 595 g/mol. The third kappa shape index (κ3) is 7.99. The van der Waals surface area contributed by atoms with Gasteiger partial charge in [-0.25, -0.2) is 4.79 Å². The number of nitrogens with zero attached hydrogens (tertiary/aromatic N) is 5. The highest BCUT2D eigenvalue weighted by Crippen LogP contribution is 2.44. The number of piperidine rings is 2. The minimum absolute atomic E-state index is 0.362. The Balaban J connectivity index is 0.000000254. The first-order valence-corrected chi connectivity index (χ1v) is 15.3. The molecule has 2 bridgehead atoms. The van der Waals surface area contributed by atoms with Crippen molar-refractivity contribution in [1.29, 1.82) is 0 Å². The summed E-state index contributed by atoms with van der Waals surface area (Å²) in [5.74, 6) is -4.66. The van der Waals surface area contributed by atoms with Gasteiger partial charge in [0.15, 0.2) is 5.60 Å². The van der Waals surface area contributed by atoms with E-state index >= 15 is 0 Å². The van der Waals surface area contributed by atoms with Gasteiger partial charge in [0.25, 0.3) is 0 Å². The Kier molecular flexibility index (Phi) is 10.7. The summed E-state index contributed by atoms with van der Waals surface area (Å²) in [6.45, 7) is 5.22. The molecule has 14 heteroatoms. The molecule has 41 heavy (non-hydrogen) atoms. The van der Waals surface area contributed by atoms with Crippen molar-refractivity contribution < 1.29 is 39.6 Å². The summed E-state index contributed by atoms with van der Waals surface area (Å²) in [4.78, 5) is 52.5. The van der Waals surface area contributed by atoms with Gasteiger partial charge in [0, 0.05) is 37.6 Å². The second-order valence-electron chi connectivity index (χ2n) is 11.6. The van der Waals surface area contributed by atoms with Gasteiger partial charge in [-0.3, -0.25) is 19.3 Å². The topological polar surface area (TPSA) is 185 Å². The molecule has 4 N–H and O–H groups in total. The molecule has 5 heterocycles. The number of carbonyl (C=O) groups is 4. The summed E-state index contributed by atoms with van der Waals surface area (Å²) in [5.41, 5.74) is -1.55. The van der Waals surface area contributed by atoms with Gasteiger partial charge in [-0.05, 0) is 76.0 Å². The Hall–Kier alpha value is -2.68. The van der Waals surface area contributed by atoms with Crippen LogP contribution in [0.2, 0.25) is 0 Å². The average Bonchev–Trinajstić information content (AvgIpc) is 3.51. The van der Waals surface area contributed by atoms with Crippen LogP contribution in [0.4, 0.5) is 0 Å². The number of carboxylic acid groups (broad SMARTS) is 3. The number of aromatic nitrogens is 2. The lowest BCUT2D eigenvalue weighted by Gasteiger charge is -2.40. The predicted octanol–water partition coefficient (Wildman–Crippen LogP) is 1.61. The van der Waals surface area contributed by atoms with Crippen molar-refractivity contribution in [1.82, 2.24) is 24.3 Å². The molecule has 1 aromatic heterocycles. The van der Waals surface area contributed by atoms with Gasteiger partial charge in [0.05, 0.1) is 30.0 Å². The summed E-state index contributed by atoms with van der Waals surface area (Å²) >= 11 is 1.54. The molecule has 13 nitrogen and oxygen atoms in total. The van der Waals surface area contributed by atoms with Gasteiger partial charge < -0.3 is 30.2 Å². The second kappa shape index (κ2) is 14.0. The van der Waals surface area contributed by atoms with Crippen molar-refractivity contribution in [3.63, 3.8) is 0 Å². The van der Waals surface area contributed by atoms with Crippen LogP contribution in [-0.4, -0.2) is 119 Å². The Bertz CT molecular complexity index is 1080. The number of likely N-dealkylation sites (tertiary alicyclic amines) is 2. The number of rotatable bonds is 10. The second-order valence-corrected chi connectivity index (χ2v) is 12.4. The molecule has 3 unspecified atom stereocenters. The van der Waals surface area contributed by atoms with Crippen molar-refractivity contribution >= 4 is 35.3 Å². The molecule has 3 saturated heterocycles. The van der Waals surface area contributed by atoms with Crippen LogP contribution in [0, 0.1) is 0 Å². The maximum Gasteiger partial charge on any atom is 0.336 e. The molecule has 0 spiro atoms. The van der Waals surface area contributed by atoms with E-state index < -0.39 is 36.4 Å². The van der Waals surface area contributed by atoms with E-state index in [1.807, 2.05) is 0 Å². The number of carboxylic acids is 3. The molecule has 5 rings (SSSR count). The van der Waals surface area contributed by atoms with Crippen molar-refractivity contribution in [2.24, 2.45) is 0 Å². The maximum absolute atomic E-state index is 13.3. The van der Waals surface area contributed by atoms with E-state index in [0.29, 0.717) is 30.6 Å².